The van der Waals surface area contributed by atoms with Crippen LogP contribution < -0.4 is 0 Å². The van der Waals surface area contributed by atoms with Crippen LogP contribution in [0.2, 0.25) is 0 Å². The third-order valence-corrected chi connectivity index (χ3v) is 2.28. The molecule has 0 aliphatic heterocycles. The molecule has 1 aromatic rings. The smallest absolute Gasteiger partial charge is 0.376 e. The van der Waals surface area contributed by atoms with Crippen LogP contribution in [0, 0.1) is 21.4 Å². The van der Waals surface area contributed by atoms with E-state index in [1.807, 2.05) is 0 Å². The average molecular weight is 262 g/mol. The summed E-state index contributed by atoms with van der Waals surface area (Å²) in [4.78, 5) is 32.9. The van der Waals surface area contributed by atoms with Gasteiger partial charge in [0.1, 0.15) is 5.92 Å². The van der Waals surface area contributed by atoms with Gasteiger partial charge in [-0.1, -0.05) is 12.1 Å². The molecule has 1 rings (SSSR count). The molecule has 0 bridgehead atoms. The molecule has 0 saturated heterocycles. The molecule has 1 unspecified atom stereocenters. The first-order chi connectivity index (χ1) is 9.01. The number of esters is 1. The molecule has 0 fully saturated rings. The third kappa shape index (κ3) is 3.35. The van der Waals surface area contributed by atoms with E-state index in [0.29, 0.717) is 0 Å². The molecule has 98 valence electrons. The SMILES string of the molecule is CCOC(=O)C(=O)C(C#N)c1cccc([N+](=O)[O-])c1. The van der Waals surface area contributed by atoms with Gasteiger partial charge in [-0.3, -0.25) is 14.9 Å². The van der Waals surface area contributed by atoms with Crippen LogP contribution in [0.15, 0.2) is 24.3 Å². The van der Waals surface area contributed by atoms with Crippen LogP contribution in [0.3, 0.4) is 0 Å². The van der Waals surface area contributed by atoms with Crippen molar-refractivity contribution >= 4 is 17.4 Å². The van der Waals surface area contributed by atoms with Crippen LogP contribution in [0.1, 0.15) is 18.4 Å². The maximum atomic E-state index is 11.7. The van der Waals surface area contributed by atoms with Gasteiger partial charge in [0.25, 0.3) is 11.5 Å². The Morgan fingerprint density at radius 1 is 1.53 bits per heavy atom. The standard InChI is InChI=1S/C12H10N2O5/c1-2-19-12(16)11(15)10(7-13)8-4-3-5-9(6-8)14(17)18/h3-6,10H,2H2,1H3. The van der Waals surface area contributed by atoms with Crippen LogP contribution in [-0.2, 0) is 14.3 Å². The molecule has 0 aliphatic rings. The molecule has 0 heterocycles. The quantitative estimate of drug-likeness (QED) is 0.342. The minimum Gasteiger partial charge on any atom is -0.460 e. The van der Waals surface area contributed by atoms with Crippen molar-refractivity contribution in [3.8, 4) is 6.07 Å². The highest BCUT2D eigenvalue weighted by Gasteiger charge is 2.28. The lowest BCUT2D eigenvalue weighted by molar-refractivity contribution is -0.384. The number of nitro benzene ring substituents is 1. The molecule has 7 nitrogen and oxygen atoms in total. The fourth-order valence-electron chi connectivity index (χ4n) is 1.42. The number of non-ortho nitro benzene ring substituents is 1. The molecule has 0 N–H and O–H groups in total. The second-order valence-electron chi connectivity index (χ2n) is 3.50. The monoisotopic (exact) mass is 262 g/mol. The predicted molar refractivity (Wildman–Crippen MR) is 63.1 cm³/mol. The summed E-state index contributed by atoms with van der Waals surface area (Å²) in [6.45, 7) is 1.54. The van der Waals surface area contributed by atoms with Crippen LogP contribution in [0.5, 0.6) is 0 Å². The predicted octanol–water partition coefficient (Wildman–Crippen LogP) is 1.33. The minimum atomic E-state index is -1.40. The number of hydrogen-bond acceptors (Lipinski definition) is 6. The molecular weight excluding hydrogens is 252 g/mol. The van der Waals surface area contributed by atoms with E-state index in [4.69, 9.17) is 5.26 Å². The minimum absolute atomic E-state index is 0.0116. The number of ketones is 1. The zero-order valence-corrected chi connectivity index (χ0v) is 10.0. The van der Waals surface area contributed by atoms with Crippen molar-refractivity contribution in [1.82, 2.24) is 0 Å². The molecule has 1 aromatic carbocycles. The Bertz CT molecular complexity index is 561. The molecule has 0 amide bonds. The van der Waals surface area contributed by atoms with E-state index in [9.17, 15) is 19.7 Å². The summed E-state index contributed by atoms with van der Waals surface area (Å²) < 4.78 is 4.51. The molecule has 0 aromatic heterocycles. The Kier molecular flexibility index (Phi) is 4.71. The first kappa shape index (κ1) is 14.3. The van der Waals surface area contributed by atoms with E-state index in [1.165, 1.54) is 25.1 Å². The third-order valence-electron chi connectivity index (χ3n) is 2.28. The number of hydrogen-bond donors (Lipinski definition) is 0. The highest BCUT2D eigenvalue weighted by molar-refractivity contribution is 6.36. The maximum absolute atomic E-state index is 11.7. The van der Waals surface area contributed by atoms with Gasteiger partial charge < -0.3 is 4.74 Å². The van der Waals surface area contributed by atoms with E-state index in [-0.39, 0.29) is 17.9 Å². The number of nitro groups is 1. The lowest BCUT2D eigenvalue weighted by Crippen LogP contribution is -2.23. The second kappa shape index (κ2) is 6.26. The number of nitrogens with zero attached hydrogens (tertiary/aromatic N) is 2. The maximum Gasteiger partial charge on any atom is 0.376 e. The van der Waals surface area contributed by atoms with Crippen LogP contribution >= 0.6 is 0 Å². The summed E-state index contributed by atoms with van der Waals surface area (Å²) in [7, 11) is 0. The van der Waals surface area contributed by atoms with Gasteiger partial charge in [-0.15, -0.1) is 0 Å². The highest BCUT2D eigenvalue weighted by atomic mass is 16.6. The van der Waals surface area contributed by atoms with E-state index in [1.54, 1.807) is 6.07 Å². The summed E-state index contributed by atoms with van der Waals surface area (Å²) in [6, 6.07) is 6.68. The lowest BCUT2D eigenvalue weighted by atomic mass is 9.96. The molecular formula is C12H10N2O5. The second-order valence-corrected chi connectivity index (χ2v) is 3.50. The van der Waals surface area contributed by atoms with Crippen molar-refractivity contribution in [2.24, 2.45) is 0 Å². The number of benzene rings is 1. The van der Waals surface area contributed by atoms with Crippen molar-refractivity contribution in [2.45, 2.75) is 12.8 Å². The summed E-state index contributed by atoms with van der Waals surface area (Å²) >= 11 is 0. The van der Waals surface area contributed by atoms with E-state index in [0.717, 1.165) is 6.07 Å². The van der Waals surface area contributed by atoms with Gasteiger partial charge in [-0.25, -0.2) is 4.79 Å². The highest BCUT2D eigenvalue weighted by Crippen LogP contribution is 2.21. The van der Waals surface area contributed by atoms with E-state index < -0.39 is 22.6 Å². The normalized spacial score (nSPS) is 11.2. The van der Waals surface area contributed by atoms with Crippen LogP contribution in [0.25, 0.3) is 0 Å². The average Bonchev–Trinajstić information content (AvgIpc) is 2.40. The van der Waals surface area contributed by atoms with Crippen molar-refractivity contribution in [3.63, 3.8) is 0 Å². The van der Waals surface area contributed by atoms with Gasteiger partial charge in [0.15, 0.2) is 0 Å². The number of rotatable bonds is 5. The topological polar surface area (TPSA) is 110 Å². The van der Waals surface area contributed by atoms with E-state index in [2.05, 4.69) is 4.74 Å². The van der Waals surface area contributed by atoms with Crippen molar-refractivity contribution in [2.75, 3.05) is 6.61 Å². The van der Waals surface area contributed by atoms with Crippen molar-refractivity contribution in [3.05, 3.63) is 39.9 Å². The Morgan fingerprint density at radius 3 is 2.74 bits per heavy atom. The zero-order chi connectivity index (χ0) is 14.4. The zero-order valence-electron chi connectivity index (χ0n) is 10.0. The first-order valence-corrected chi connectivity index (χ1v) is 5.36. The Labute approximate surface area is 108 Å². The molecule has 0 spiro atoms. The van der Waals surface area contributed by atoms with Crippen LogP contribution in [0.4, 0.5) is 5.69 Å². The lowest BCUT2D eigenvalue weighted by Gasteiger charge is -2.07. The number of ether oxygens (including phenoxy) is 1. The van der Waals surface area contributed by atoms with Gasteiger partial charge in [-0.2, -0.15) is 5.26 Å². The van der Waals surface area contributed by atoms with Gasteiger partial charge in [-0.05, 0) is 12.5 Å². The summed E-state index contributed by atoms with van der Waals surface area (Å²) in [6.07, 6.45) is 0. The summed E-state index contributed by atoms with van der Waals surface area (Å²) in [5.74, 6) is -3.57. The number of Topliss-reactive ketones (excluding diaryl/α,β-unsaturated/α-hetero) is 1. The van der Waals surface area contributed by atoms with Gasteiger partial charge >= 0.3 is 5.97 Å². The Hall–Kier alpha value is -2.75. The number of carbonyl (C=O) groups excluding carboxylic acids is 2. The largest absolute Gasteiger partial charge is 0.460 e. The van der Waals surface area contributed by atoms with Crippen molar-refractivity contribution in [1.29, 1.82) is 5.26 Å². The fourth-order valence-corrected chi connectivity index (χ4v) is 1.42. The number of nitriles is 1. The molecule has 0 aliphatic carbocycles. The van der Waals surface area contributed by atoms with Gasteiger partial charge in [0, 0.05) is 12.1 Å². The van der Waals surface area contributed by atoms with Crippen LogP contribution in [-0.4, -0.2) is 23.3 Å². The van der Waals surface area contributed by atoms with Crippen molar-refractivity contribution < 1.29 is 19.2 Å². The van der Waals surface area contributed by atoms with Gasteiger partial charge in [0.2, 0.25) is 0 Å². The molecule has 7 heteroatoms. The Balaban J connectivity index is 3.08. The summed E-state index contributed by atoms with van der Waals surface area (Å²) in [5.41, 5.74) is -0.163. The first-order valence-electron chi connectivity index (χ1n) is 5.36. The Morgan fingerprint density at radius 2 is 2.21 bits per heavy atom. The molecule has 19 heavy (non-hydrogen) atoms. The molecule has 1 atom stereocenters. The molecule has 0 saturated carbocycles. The summed E-state index contributed by atoms with van der Waals surface area (Å²) in [5, 5.41) is 19.6. The van der Waals surface area contributed by atoms with E-state index >= 15 is 0 Å². The molecule has 0 radical (unpaired) electrons. The number of carbonyl (C=O) groups is 2. The van der Waals surface area contributed by atoms with Gasteiger partial charge in [0.05, 0.1) is 17.6 Å². The fraction of sp³-hybridized carbons (Fsp3) is 0.250.